The molecule has 5 nitrogen and oxygen atoms in total. The van der Waals surface area contributed by atoms with Gasteiger partial charge in [0.05, 0.1) is 4.90 Å². The molecule has 1 aliphatic heterocycles. The van der Waals surface area contributed by atoms with Crippen LogP contribution in [0.4, 0.5) is 13.2 Å². The van der Waals surface area contributed by atoms with Crippen LogP contribution >= 0.6 is 0 Å². The van der Waals surface area contributed by atoms with E-state index in [-0.39, 0.29) is 4.90 Å². The van der Waals surface area contributed by atoms with Crippen molar-refractivity contribution in [3.63, 3.8) is 0 Å². The van der Waals surface area contributed by atoms with E-state index in [2.05, 4.69) is 10.1 Å². The fourth-order valence-electron chi connectivity index (χ4n) is 2.77. The predicted molar refractivity (Wildman–Crippen MR) is 83.1 cm³/mol. The standard InChI is InChI=1S/C15H21F3N2O3S/c1-19-7-4-11-5-8-20(9-6-11)24(21,22)12-2-3-14(13(16)10-12)23-15(17)18/h2-3,10-11,15,19H,4-9H2,1H3. The molecule has 1 aliphatic rings. The third-order valence-electron chi connectivity index (χ3n) is 4.13. The third kappa shape index (κ3) is 4.61. The topological polar surface area (TPSA) is 58.6 Å². The summed E-state index contributed by atoms with van der Waals surface area (Å²) in [5.74, 6) is -1.34. The van der Waals surface area contributed by atoms with Crippen LogP contribution in [0.15, 0.2) is 23.1 Å². The minimum Gasteiger partial charge on any atom is -0.432 e. The van der Waals surface area contributed by atoms with Crippen molar-refractivity contribution in [1.29, 1.82) is 0 Å². The summed E-state index contributed by atoms with van der Waals surface area (Å²) < 4.78 is 68.4. The number of hydrogen-bond acceptors (Lipinski definition) is 4. The molecule has 1 saturated heterocycles. The van der Waals surface area contributed by atoms with E-state index in [4.69, 9.17) is 0 Å². The summed E-state index contributed by atoms with van der Waals surface area (Å²) in [6.07, 6.45) is 2.48. The Morgan fingerprint density at radius 3 is 2.54 bits per heavy atom. The minimum atomic E-state index is -3.84. The molecule has 0 aromatic heterocycles. The first-order valence-corrected chi connectivity index (χ1v) is 9.17. The third-order valence-corrected chi connectivity index (χ3v) is 6.03. The molecule has 1 heterocycles. The highest BCUT2D eigenvalue weighted by Gasteiger charge is 2.30. The Hall–Kier alpha value is -1.32. The number of benzene rings is 1. The number of hydrogen-bond donors (Lipinski definition) is 1. The van der Waals surface area contributed by atoms with E-state index in [0.717, 1.165) is 44.0 Å². The maximum Gasteiger partial charge on any atom is 0.387 e. The Labute approximate surface area is 139 Å². The molecule has 24 heavy (non-hydrogen) atoms. The second-order valence-electron chi connectivity index (χ2n) is 5.71. The maximum atomic E-state index is 13.8. The van der Waals surface area contributed by atoms with Gasteiger partial charge in [-0.1, -0.05) is 0 Å². The Balaban J connectivity index is 2.07. The molecule has 0 radical (unpaired) electrons. The smallest absolute Gasteiger partial charge is 0.387 e. The summed E-state index contributed by atoms with van der Waals surface area (Å²) in [6, 6.07) is 2.72. The SMILES string of the molecule is CNCCC1CCN(S(=O)(=O)c2ccc(OC(F)F)c(F)c2)CC1. The van der Waals surface area contributed by atoms with Crippen LogP contribution < -0.4 is 10.1 Å². The van der Waals surface area contributed by atoms with E-state index in [1.807, 2.05) is 7.05 Å². The molecule has 2 rings (SSSR count). The van der Waals surface area contributed by atoms with Crippen molar-refractivity contribution in [2.24, 2.45) is 5.92 Å². The molecule has 0 saturated carbocycles. The zero-order chi connectivity index (χ0) is 17.7. The minimum absolute atomic E-state index is 0.254. The van der Waals surface area contributed by atoms with Gasteiger partial charge in [0.25, 0.3) is 0 Å². The largest absolute Gasteiger partial charge is 0.432 e. The van der Waals surface area contributed by atoms with E-state index in [1.165, 1.54) is 4.31 Å². The number of ether oxygens (including phenoxy) is 1. The van der Waals surface area contributed by atoms with Crippen molar-refractivity contribution >= 4 is 10.0 Å². The fraction of sp³-hybridized carbons (Fsp3) is 0.600. The van der Waals surface area contributed by atoms with E-state index in [1.54, 1.807) is 0 Å². The van der Waals surface area contributed by atoms with Crippen LogP contribution in [0.2, 0.25) is 0 Å². The summed E-state index contributed by atoms with van der Waals surface area (Å²) in [7, 11) is -1.97. The molecule has 0 unspecified atom stereocenters. The summed E-state index contributed by atoms with van der Waals surface area (Å²) >= 11 is 0. The van der Waals surface area contributed by atoms with Crippen molar-refractivity contribution in [2.45, 2.75) is 30.8 Å². The van der Waals surface area contributed by atoms with Crippen molar-refractivity contribution in [1.82, 2.24) is 9.62 Å². The zero-order valence-corrected chi connectivity index (χ0v) is 14.2. The summed E-state index contributed by atoms with van der Waals surface area (Å²) in [5.41, 5.74) is 0. The molecule has 1 aromatic carbocycles. The molecule has 0 atom stereocenters. The lowest BCUT2D eigenvalue weighted by atomic mass is 9.95. The molecular weight excluding hydrogens is 345 g/mol. The van der Waals surface area contributed by atoms with Crippen LogP contribution in [0, 0.1) is 11.7 Å². The first kappa shape index (κ1) is 19.0. The summed E-state index contributed by atoms with van der Waals surface area (Å²) in [5, 5.41) is 3.07. The summed E-state index contributed by atoms with van der Waals surface area (Å²) in [6.45, 7) is -1.55. The average molecular weight is 366 g/mol. The Morgan fingerprint density at radius 1 is 1.33 bits per heavy atom. The van der Waals surface area contributed by atoms with E-state index < -0.39 is 28.2 Å². The molecule has 136 valence electrons. The van der Waals surface area contributed by atoms with Crippen molar-refractivity contribution in [2.75, 3.05) is 26.7 Å². The number of sulfonamides is 1. The molecule has 9 heteroatoms. The van der Waals surface area contributed by atoms with Gasteiger partial charge in [-0.15, -0.1) is 0 Å². The van der Waals surface area contributed by atoms with Crippen molar-refractivity contribution in [3.8, 4) is 5.75 Å². The van der Waals surface area contributed by atoms with Gasteiger partial charge in [-0.2, -0.15) is 13.1 Å². The van der Waals surface area contributed by atoms with E-state index in [9.17, 15) is 21.6 Å². The monoisotopic (exact) mass is 366 g/mol. The highest BCUT2D eigenvalue weighted by Crippen LogP contribution is 2.28. The van der Waals surface area contributed by atoms with Crippen molar-refractivity contribution < 1.29 is 26.3 Å². The lowest BCUT2D eigenvalue weighted by Crippen LogP contribution is -2.38. The molecule has 0 amide bonds. The first-order chi connectivity index (χ1) is 11.3. The number of piperidine rings is 1. The van der Waals surface area contributed by atoms with Gasteiger partial charge in [0, 0.05) is 13.1 Å². The van der Waals surface area contributed by atoms with Crippen LogP contribution in [-0.4, -0.2) is 46.0 Å². The molecule has 1 fully saturated rings. The van der Waals surface area contributed by atoms with Gasteiger partial charge in [-0.3, -0.25) is 0 Å². The number of alkyl halides is 2. The highest BCUT2D eigenvalue weighted by atomic mass is 32.2. The first-order valence-electron chi connectivity index (χ1n) is 7.73. The van der Waals surface area contributed by atoms with Gasteiger partial charge >= 0.3 is 6.61 Å². The normalized spacial score (nSPS) is 17.4. The maximum absolute atomic E-state index is 13.8. The van der Waals surface area contributed by atoms with Gasteiger partial charge < -0.3 is 10.1 Å². The van der Waals surface area contributed by atoms with Gasteiger partial charge in [0.2, 0.25) is 10.0 Å². The number of nitrogens with zero attached hydrogens (tertiary/aromatic N) is 1. The van der Waals surface area contributed by atoms with E-state index >= 15 is 0 Å². The second-order valence-corrected chi connectivity index (χ2v) is 7.65. The number of nitrogens with one attached hydrogen (secondary N) is 1. The van der Waals surface area contributed by atoms with Gasteiger partial charge in [-0.05, 0) is 57.0 Å². The number of rotatable bonds is 7. The lowest BCUT2D eigenvalue weighted by molar-refractivity contribution is -0.0522. The van der Waals surface area contributed by atoms with Crippen molar-refractivity contribution in [3.05, 3.63) is 24.0 Å². The van der Waals surface area contributed by atoms with Gasteiger partial charge in [0.15, 0.2) is 11.6 Å². The molecule has 0 spiro atoms. The molecule has 1 aromatic rings. The van der Waals surface area contributed by atoms with Gasteiger partial charge in [0.1, 0.15) is 0 Å². The van der Waals surface area contributed by atoms with Crippen LogP contribution in [0.1, 0.15) is 19.3 Å². The summed E-state index contributed by atoms with van der Waals surface area (Å²) in [4.78, 5) is -0.254. The van der Waals surface area contributed by atoms with Crippen LogP contribution in [0.5, 0.6) is 5.75 Å². The quantitative estimate of drug-likeness (QED) is 0.805. The Morgan fingerprint density at radius 2 is 2.00 bits per heavy atom. The average Bonchev–Trinajstić information content (AvgIpc) is 2.54. The van der Waals surface area contributed by atoms with Crippen LogP contribution in [0.25, 0.3) is 0 Å². The molecule has 0 aliphatic carbocycles. The van der Waals surface area contributed by atoms with Gasteiger partial charge in [-0.25, -0.2) is 12.8 Å². The van der Waals surface area contributed by atoms with Crippen LogP contribution in [-0.2, 0) is 10.0 Å². The molecular formula is C15H21F3N2O3S. The second kappa shape index (κ2) is 8.17. The van der Waals surface area contributed by atoms with E-state index in [0.29, 0.717) is 19.0 Å². The molecule has 0 bridgehead atoms. The highest BCUT2D eigenvalue weighted by molar-refractivity contribution is 7.89. The number of halogens is 3. The lowest BCUT2D eigenvalue weighted by Gasteiger charge is -2.31. The molecule has 1 N–H and O–H groups in total. The zero-order valence-electron chi connectivity index (χ0n) is 13.3. The Kier molecular flexibility index (Phi) is 6.47. The predicted octanol–water partition coefficient (Wildman–Crippen LogP) is 2.44. The van der Waals surface area contributed by atoms with Crippen LogP contribution in [0.3, 0.4) is 0 Å². The fourth-order valence-corrected chi connectivity index (χ4v) is 4.25. The Bertz CT molecular complexity index is 647.